The Morgan fingerprint density at radius 3 is 2.62 bits per heavy atom. The molecule has 0 unspecified atom stereocenters. The number of benzene rings is 2. The van der Waals surface area contributed by atoms with Crippen LogP contribution in [0.15, 0.2) is 36.4 Å². The van der Waals surface area contributed by atoms with Crippen molar-refractivity contribution in [3.63, 3.8) is 0 Å². The summed E-state index contributed by atoms with van der Waals surface area (Å²) in [5, 5.41) is 11.3. The second-order valence-electron chi connectivity index (χ2n) is 4.22. The van der Waals surface area contributed by atoms with Crippen LogP contribution in [0.4, 0.5) is 10.1 Å². The predicted octanol–water partition coefficient (Wildman–Crippen LogP) is 4.71. The standard InChI is InChI=1S/C14H10Cl2FNO3/c15-7-9-1-4-14(12(17)5-9)21-8-10-6-11(16)2-3-13(10)18(19)20/h1-6H,7-8H2. The number of ether oxygens (including phenoxy) is 1. The Balaban J connectivity index is 2.20. The van der Waals surface area contributed by atoms with Crippen LogP contribution in [0.5, 0.6) is 5.75 Å². The van der Waals surface area contributed by atoms with Gasteiger partial charge in [0.05, 0.1) is 10.5 Å². The minimum atomic E-state index is -0.571. The number of hydrogen-bond acceptors (Lipinski definition) is 3. The zero-order valence-corrected chi connectivity index (χ0v) is 12.2. The Morgan fingerprint density at radius 1 is 1.24 bits per heavy atom. The molecule has 0 amide bonds. The lowest BCUT2D eigenvalue weighted by Crippen LogP contribution is -2.02. The van der Waals surface area contributed by atoms with E-state index in [2.05, 4.69) is 0 Å². The number of nitro benzene ring substituents is 1. The third kappa shape index (κ3) is 3.83. The zero-order chi connectivity index (χ0) is 15.4. The van der Waals surface area contributed by atoms with E-state index in [9.17, 15) is 14.5 Å². The zero-order valence-electron chi connectivity index (χ0n) is 10.7. The molecule has 0 atom stereocenters. The summed E-state index contributed by atoms with van der Waals surface area (Å²) in [7, 11) is 0. The third-order valence-corrected chi connectivity index (χ3v) is 3.32. The van der Waals surface area contributed by atoms with Crippen LogP contribution in [0.25, 0.3) is 0 Å². The van der Waals surface area contributed by atoms with Crippen molar-refractivity contribution in [2.24, 2.45) is 0 Å². The van der Waals surface area contributed by atoms with Crippen LogP contribution in [0, 0.1) is 15.9 Å². The quantitative estimate of drug-likeness (QED) is 0.453. The molecule has 2 aromatic carbocycles. The molecule has 0 bridgehead atoms. The Kier molecular flexibility index (Phi) is 4.98. The summed E-state index contributed by atoms with van der Waals surface area (Å²) >= 11 is 11.4. The van der Waals surface area contributed by atoms with Gasteiger partial charge in [-0.05, 0) is 29.8 Å². The molecule has 4 nitrogen and oxygen atoms in total. The topological polar surface area (TPSA) is 52.4 Å². The van der Waals surface area contributed by atoms with Crippen molar-refractivity contribution >= 4 is 28.9 Å². The monoisotopic (exact) mass is 329 g/mol. The molecule has 2 rings (SSSR count). The molecular formula is C14H10Cl2FNO3. The van der Waals surface area contributed by atoms with Crippen molar-refractivity contribution in [2.75, 3.05) is 0 Å². The van der Waals surface area contributed by atoms with E-state index in [0.717, 1.165) is 0 Å². The van der Waals surface area contributed by atoms with Gasteiger partial charge in [-0.2, -0.15) is 0 Å². The van der Waals surface area contributed by atoms with Crippen molar-refractivity contribution in [3.8, 4) is 5.75 Å². The largest absolute Gasteiger partial charge is 0.486 e. The summed E-state index contributed by atoms with van der Waals surface area (Å²) in [6.07, 6.45) is 0. The smallest absolute Gasteiger partial charge is 0.276 e. The molecule has 0 heterocycles. The van der Waals surface area contributed by atoms with Gasteiger partial charge in [0.25, 0.3) is 5.69 Å². The van der Waals surface area contributed by atoms with E-state index in [1.807, 2.05) is 0 Å². The highest BCUT2D eigenvalue weighted by atomic mass is 35.5. The van der Waals surface area contributed by atoms with Gasteiger partial charge in [-0.1, -0.05) is 17.7 Å². The average Bonchev–Trinajstić information content (AvgIpc) is 2.45. The highest BCUT2D eigenvalue weighted by Gasteiger charge is 2.15. The molecule has 0 saturated carbocycles. The summed E-state index contributed by atoms with van der Waals surface area (Å²) in [4.78, 5) is 10.4. The van der Waals surface area contributed by atoms with Crippen molar-refractivity contribution in [2.45, 2.75) is 12.5 Å². The minimum absolute atomic E-state index is 0.00172. The van der Waals surface area contributed by atoms with E-state index in [0.29, 0.717) is 10.6 Å². The van der Waals surface area contributed by atoms with Crippen LogP contribution in [-0.2, 0) is 12.5 Å². The fourth-order valence-corrected chi connectivity index (χ4v) is 2.11. The average molecular weight is 330 g/mol. The number of hydrogen-bond donors (Lipinski definition) is 0. The molecular weight excluding hydrogens is 320 g/mol. The minimum Gasteiger partial charge on any atom is -0.486 e. The van der Waals surface area contributed by atoms with Gasteiger partial charge in [0.15, 0.2) is 11.6 Å². The lowest BCUT2D eigenvalue weighted by molar-refractivity contribution is -0.385. The van der Waals surface area contributed by atoms with Crippen LogP contribution in [-0.4, -0.2) is 4.92 Å². The predicted molar refractivity (Wildman–Crippen MR) is 78.4 cm³/mol. The van der Waals surface area contributed by atoms with E-state index >= 15 is 0 Å². The summed E-state index contributed by atoms with van der Waals surface area (Å²) in [6.45, 7) is -0.159. The first-order valence-corrected chi connectivity index (χ1v) is 6.82. The molecule has 21 heavy (non-hydrogen) atoms. The number of alkyl halides is 1. The highest BCUT2D eigenvalue weighted by molar-refractivity contribution is 6.30. The van der Waals surface area contributed by atoms with Crippen LogP contribution < -0.4 is 4.74 Å². The molecule has 7 heteroatoms. The van der Waals surface area contributed by atoms with Crippen molar-refractivity contribution in [3.05, 3.63) is 68.5 Å². The normalized spacial score (nSPS) is 10.4. The molecule has 0 N–H and O–H groups in total. The van der Waals surface area contributed by atoms with Crippen LogP contribution >= 0.6 is 23.2 Å². The van der Waals surface area contributed by atoms with Crippen molar-refractivity contribution in [1.29, 1.82) is 0 Å². The molecule has 0 aliphatic heterocycles. The number of halogens is 3. The van der Waals surface area contributed by atoms with E-state index in [1.54, 1.807) is 6.07 Å². The Labute approximate surface area is 130 Å². The second kappa shape index (κ2) is 6.74. The molecule has 2 aromatic rings. The fraction of sp³-hybridized carbons (Fsp3) is 0.143. The van der Waals surface area contributed by atoms with Crippen LogP contribution in [0.2, 0.25) is 5.02 Å². The molecule has 0 aliphatic rings. The van der Waals surface area contributed by atoms with Gasteiger partial charge in [-0.25, -0.2) is 4.39 Å². The Bertz CT molecular complexity index is 679. The highest BCUT2D eigenvalue weighted by Crippen LogP contribution is 2.26. The van der Waals surface area contributed by atoms with Gasteiger partial charge < -0.3 is 4.74 Å². The number of rotatable bonds is 5. The summed E-state index contributed by atoms with van der Waals surface area (Å²) < 4.78 is 19.0. The first kappa shape index (κ1) is 15.5. The van der Waals surface area contributed by atoms with Crippen LogP contribution in [0.1, 0.15) is 11.1 Å². The third-order valence-electron chi connectivity index (χ3n) is 2.77. The van der Waals surface area contributed by atoms with Gasteiger partial charge in [0.2, 0.25) is 0 Å². The summed E-state index contributed by atoms with van der Waals surface area (Å²) in [5.41, 5.74) is 0.765. The van der Waals surface area contributed by atoms with Crippen molar-refractivity contribution in [1.82, 2.24) is 0 Å². The molecule has 0 saturated heterocycles. The maximum Gasteiger partial charge on any atom is 0.276 e. The summed E-state index contributed by atoms with van der Waals surface area (Å²) in [5.74, 6) is -0.382. The van der Waals surface area contributed by atoms with E-state index in [-0.39, 0.29) is 29.5 Å². The summed E-state index contributed by atoms with van der Waals surface area (Å²) in [6, 6.07) is 8.44. The van der Waals surface area contributed by atoms with Gasteiger partial charge >= 0.3 is 0 Å². The molecule has 0 fully saturated rings. The first-order valence-electron chi connectivity index (χ1n) is 5.91. The molecule has 110 valence electrons. The molecule has 0 aromatic heterocycles. The van der Waals surface area contributed by atoms with Gasteiger partial charge in [0, 0.05) is 17.0 Å². The van der Waals surface area contributed by atoms with E-state index < -0.39 is 10.7 Å². The lowest BCUT2D eigenvalue weighted by Gasteiger charge is -2.09. The fourth-order valence-electron chi connectivity index (χ4n) is 1.75. The number of nitrogens with zero attached hydrogens (tertiary/aromatic N) is 1. The lowest BCUT2D eigenvalue weighted by atomic mass is 10.2. The Morgan fingerprint density at radius 2 is 2.00 bits per heavy atom. The maximum absolute atomic E-state index is 13.7. The van der Waals surface area contributed by atoms with Gasteiger partial charge in [0.1, 0.15) is 6.61 Å². The molecule has 0 spiro atoms. The van der Waals surface area contributed by atoms with Gasteiger partial charge in [-0.3, -0.25) is 10.1 Å². The molecule has 0 radical (unpaired) electrons. The Hall–Kier alpha value is -1.85. The maximum atomic E-state index is 13.7. The first-order chi connectivity index (χ1) is 10.0. The van der Waals surface area contributed by atoms with Gasteiger partial charge in [-0.15, -0.1) is 11.6 Å². The second-order valence-corrected chi connectivity index (χ2v) is 4.92. The van der Waals surface area contributed by atoms with Crippen molar-refractivity contribution < 1.29 is 14.1 Å². The molecule has 0 aliphatic carbocycles. The van der Waals surface area contributed by atoms with E-state index in [1.165, 1.54) is 30.3 Å². The number of nitro groups is 1. The van der Waals surface area contributed by atoms with E-state index in [4.69, 9.17) is 27.9 Å². The SMILES string of the molecule is O=[N+]([O-])c1ccc(Cl)cc1COc1ccc(CCl)cc1F. The van der Waals surface area contributed by atoms with Crippen LogP contribution in [0.3, 0.4) is 0 Å².